The van der Waals surface area contributed by atoms with Gasteiger partial charge in [0.25, 0.3) is 0 Å². The maximum absolute atomic E-state index is 11.8. The summed E-state index contributed by atoms with van der Waals surface area (Å²) in [7, 11) is 0. The first-order valence-corrected chi connectivity index (χ1v) is 9.83. The van der Waals surface area contributed by atoms with Crippen molar-refractivity contribution >= 4 is 23.5 Å². The number of aromatic nitrogens is 2. The second-order valence-electron chi connectivity index (χ2n) is 7.21. The molecule has 2 aromatic rings. The zero-order valence-corrected chi connectivity index (χ0v) is 17.1. The number of carbonyl (C=O) groups excluding carboxylic acids is 1. The number of benzene rings is 1. The number of likely N-dealkylation sites (tertiary alicyclic amines) is 1. The average Bonchev–Trinajstić information content (AvgIpc) is 2.65. The van der Waals surface area contributed by atoms with Crippen LogP contribution in [-0.4, -0.2) is 46.7 Å². The van der Waals surface area contributed by atoms with Crippen molar-refractivity contribution < 1.29 is 9.53 Å². The van der Waals surface area contributed by atoms with Crippen LogP contribution in [0.5, 0.6) is 0 Å². The number of hydrogen-bond donors (Lipinski definition) is 2. The van der Waals surface area contributed by atoms with Crippen molar-refractivity contribution in [2.45, 2.75) is 46.6 Å². The van der Waals surface area contributed by atoms with Crippen LogP contribution in [0.2, 0.25) is 0 Å². The summed E-state index contributed by atoms with van der Waals surface area (Å²) >= 11 is 0. The highest BCUT2D eigenvalue weighted by molar-refractivity contribution is 5.67. The summed E-state index contributed by atoms with van der Waals surface area (Å²) in [6.45, 7) is 9.72. The Morgan fingerprint density at radius 1 is 1.18 bits per heavy atom. The van der Waals surface area contributed by atoms with Gasteiger partial charge in [0.05, 0.1) is 6.61 Å². The molecule has 28 heavy (non-hydrogen) atoms. The van der Waals surface area contributed by atoms with Crippen LogP contribution in [0.1, 0.15) is 36.6 Å². The predicted octanol–water partition coefficient (Wildman–Crippen LogP) is 4.18. The molecule has 2 heterocycles. The second-order valence-corrected chi connectivity index (χ2v) is 7.21. The zero-order chi connectivity index (χ0) is 20.1. The molecule has 1 fully saturated rings. The molecule has 7 heteroatoms. The van der Waals surface area contributed by atoms with Crippen LogP contribution in [-0.2, 0) is 4.74 Å². The lowest BCUT2D eigenvalue weighted by Gasteiger charge is -2.31. The molecule has 0 unspecified atom stereocenters. The van der Waals surface area contributed by atoms with Gasteiger partial charge >= 0.3 is 6.09 Å². The Balaban J connectivity index is 1.65. The van der Waals surface area contributed by atoms with E-state index in [4.69, 9.17) is 4.74 Å². The standard InChI is InChI=1S/C21H29N5O2/c1-5-28-21(27)26-11-9-17(10-12-26)23-18-13-16(4)22-20(24-18)25-19-14(2)7-6-8-15(19)3/h6-8,13,17H,5,9-12H2,1-4H3,(H2,22,23,24,25). The van der Waals surface area contributed by atoms with Crippen molar-refractivity contribution in [2.75, 3.05) is 30.3 Å². The Kier molecular flexibility index (Phi) is 6.34. The number of piperidine rings is 1. The fourth-order valence-electron chi connectivity index (χ4n) is 3.45. The fourth-order valence-corrected chi connectivity index (χ4v) is 3.45. The number of hydrogen-bond acceptors (Lipinski definition) is 6. The van der Waals surface area contributed by atoms with E-state index in [1.54, 1.807) is 4.90 Å². The molecule has 1 saturated heterocycles. The summed E-state index contributed by atoms with van der Waals surface area (Å²) in [4.78, 5) is 22.8. The minimum Gasteiger partial charge on any atom is -0.450 e. The highest BCUT2D eigenvalue weighted by Crippen LogP contribution is 2.24. The Labute approximate surface area is 166 Å². The molecular formula is C21H29N5O2. The van der Waals surface area contributed by atoms with Gasteiger partial charge in [-0.2, -0.15) is 4.98 Å². The van der Waals surface area contributed by atoms with E-state index in [0.29, 0.717) is 25.6 Å². The normalized spacial score (nSPS) is 14.6. The van der Waals surface area contributed by atoms with Gasteiger partial charge in [-0.15, -0.1) is 0 Å². The summed E-state index contributed by atoms with van der Waals surface area (Å²) in [5.74, 6) is 1.39. The van der Waals surface area contributed by atoms with Crippen LogP contribution in [0, 0.1) is 20.8 Å². The van der Waals surface area contributed by atoms with Gasteiger partial charge in [0, 0.05) is 36.6 Å². The predicted molar refractivity (Wildman–Crippen MR) is 111 cm³/mol. The van der Waals surface area contributed by atoms with Crippen LogP contribution in [0.15, 0.2) is 24.3 Å². The summed E-state index contributed by atoms with van der Waals surface area (Å²) in [5, 5.41) is 6.86. The molecule has 1 aromatic carbocycles. The minimum absolute atomic E-state index is 0.223. The van der Waals surface area contributed by atoms with E-state index in [0.717, 1.165) is 41.2 Å². The number of nitrogens with zero attached hydrogens (tertiary/aromatic N) is 3. The van der Waals surface area contributed by atoms with Gasteiger partial charge in [-0.1, -0.05) is 18.2 Å². The topological polar surface area (TPSA) is 79.4 Å². The van der Waals surface area contributed by atoms with Crippen molar-refractivity contribution in [1.29, 1.82) is 0 Å². The Hall–Kier alpha value is -2.83. The molecule has 0 spiro atoms. The van der Waals surface area contributed by atoms with Gasteiger partial charge in [-0.3, -0.25) is 0 Å². The number of nitrogens with one attached hydrogen (secondary N) is 2. The van der Waals surface area contributed by atoms with Gasteiger partial charge in [0.2, 0.25) is 5.95 Å². The van der Waals surface area contributed by atoms with Crippen LogP contribution in [0.25, 0.3) is 0 Å². The van der Waals surface area contributed by atoms with E-state index in [1.807, 2.05) is 26.0 Å². The fraction of sp³-hybridized carbons (Fsp3) is 0.476. The number of anilines is 3. The molecule has 7 nitrogen and oxygen atoms in total. The van der Waals surface area contributed by atoms with E-state index in [1.165, 1.54) is 0 Å². The SMILES string of the molecule is CCOC(=O)N1CCC(Nc2cc(C)nc(Nc3c(C)cccc3C)n2)CC1. The van der Waals surface area contributed by atoms with Crippen molar-refractivity contribution in [1.82, 2.24) is 14.9 Å². The van der Waals surface area contributed by atoms with Crippen molar-refractivity contribution in [3.8, 4) is 0 Å². The Morgan fingerprint density at radius 3 is 2.50 bits per heavy atom. The van der Waals surface area contributed by atoms with Gasteiger partial charge in [-0.25, -0.2) is 9.78 Å². The van der Waals surface area contributed by atoms with Crippen LogP contribution in [0.4, 0.5) is 22.2 Å². The molecule has 1 aliphatic heterocycles. The number of rotatable bonds is 5. The van der Waals surface area contributed by atoms with Crippen molar-refractivity contribution in [3.05, 3.63) is 41.1 Å². The first-order valence-electron chi connectivity index (χ1n) is 9.83. The van der Waals surface area contributed by atoms with E-state index in [-0.39, 0.29) is 12.1 Å². The number of para-hydroxylation sites is 1. The highest BCUT2D eigenvalue weighted by atomic mass is 16.6. The maximum atomic E-state index is 11.8. The lowest BCUT2D eigenvalue weighted by Crippen LogP contribution is -2.42. The Bertz CT molecular complexity index is 811. The molecule has 0 atom stereocenters. The number of carbonyl (C=O) groups is 1. The average molecular weight is 383 g/mol. The van der Waals surface area contributed by atoms with Gasteiger partial charge < -0.3 is 20.3 Å². The quantitative estimate of drug-likeness (QED) is 0.806. The number of ether oxygens (including phenoxy) is 1. The molecule has 0 aliphatic carbocycles. The third-order valence-electron chi connectivity index (χ3n) is 4.95. The largest absolute Gasteiger partial charge is 0.450 e. The Morgan fingerprint density at radius 2 is 1.86 bits per heavy atom. The van der Waals surface area contributed by atoms with E-state index in [2.05, 4.69) is 46.6 Å². The van der Waals surface area contributed by atoms with Crippen LogP contribution in [0.3, 0.4) is 0 Å². The first-order chi connectivity index (χ1) is 13.5. The molecule has 150 valence electrons. The lowest BCUT2D eigenvalue weighted by atomic mass is 10.1. The summed E-state index contributed by atoms with van der Waals surface area (Å²) in [6.07, 6.45) is 1.50. The summed E-state index contributed by atoms with van der Waals surface area (Å²) in [6, 6.07) is 8.41. The third kappa shape index (κ3) is 4.91. The van der Waals surface area contributed by atoms with Gasteiger partial charge in [0.1, 0.15) is 5.82 Å². The maximum Gasteiger partial charge on any atom is 0.409 e. The minimum atomic E-state index is -0.223. The molecule has 0 radical (unpaired) electrons. The smallest absolute Gasteiger partial charge is 0.409 e. The highest BCUT2D eigenvalue weighted by Gasteiger charge is 2.23. The van der Waals surface area contributed by atoms with Gasteiger partial charge in [0.15, 0.2) is 0 Å². The number of amides is 1. The van der Waals surface area contributed by atoms with Gasteiger partial charge in [-0.05, 0) is 51.7 Å². The monoisotopic (exact) mass is 383 g/mol. The molecule has 0 saturated carbocycles. The van der Waals surface area contributed by atoms with Crippen molar-refractivity contribution in [3.63, 3.8) is 0 Å². The van der Waals surface area contributed by atoms with Crippen molar-refractivity contribution in [2.24, 2.45) is 0 Å². The molecule has 1 aliphatic rings. The molecule has 1 aromatic heterocycles. The molecular weight excluding hydrogens is 354 g/mol. The third-order valence-corrected chi connectivity index (χ3v) is 4.95. The van der Waals surface area contributed by atoms with E-state index in [9.17, 15) is 4.79 Å². The lowest BCUT2D eigenvalue weighted by molar-refractivity contribution is 0.0983. The van der Waals surface area contributed by atoms with E-state index >= 15 is 0 Å². The zero-order valence-electron chi connectivity index (χ0n) is 17.1. The summed E-state index contributed by atoms with van der Waals surface area (Å²) < 4.78 is 5.08. The number of aryl methyl sites for hydroxylation is 3. The first kappa shape index (κ1) is 19.9. The molecule has 1 amide bonds. The molecule has 3 rings (SSSR count). The molecule has 2 N–H and O–H groups in total. The second kappa shape index (κ2) is 8.91. The summed E-state index contributed by atoms with van der Waals surface area (Å²) in [5.41, 5.74) is 4.26. The van der Waals surface area contributed by atoms with Crippen LogP contribution >= 0.6 is 0 Å². The van der Waals surface area contributed by atoms with E-state index < -0.39 is 0 Å². The van der Waals surface area contributed by atoms with Crippen LogP contribution < -0.4 is 10.6 Å². The molecule has 0 bridgehead atoms.